The van der Waals surface area contributed by atoms with Crippen molar-refractivity contribution in [2.24, 2.45) is 0 Å². The molecule has 0 saturated heterocycles. The van der Waals surface area contributed by atoms with Crippen LogP contribution in [-0.4, -0.2) is 30.6 Å². The normalized spacial score (nSPS) is 12.4. The number of rotatable bonds is 6. The summed E-state index contributed by atoms with van der Waals surface area (Å²) in [6, 6.07) is 11.2. The first-order valence-electron chi connectivity index (χ1n) is 6.98. The molecule has 1 atom stereocenters. The highest BCUT2D eigenvalue weighted by Gasteiger charge is 2.15. The first kappa shape index (κ1) is 15.8. The monoisotopic (exact) mass is 348 g/mol. The first-order chi connectivity index (χ1) is 11.2. The maximum Gasteiger partial charge on any atom is 0.210 e. The van der Waals surface area contributed by atoms with Crippen molar-refractivity contribution < 1.29 is 8.63 Å². The molecule has 1 aromatic carbocycles. The van der Waals surface area contributed by atoms with Gasteiger partial charge in [-0.15, -0.1) is 10.2 Å². The summed E-state index contributed by atoms with van der Waals surface area (Å²) < 4.78 is 18.9. The van der Waals surface area contributed by atoms with Gasteiger partial charge in [0.25, 0.3) is 0 Å². The summed E-state index contributed by atoms with van der Waals surface area (Å²) in [5, 5.41) is 8.79. The van der Waals surface area contributed by atoms with Crippen LogP contribution >= 0.6 is 11.8 Å². The van der Waals surface area contributed by atoms with Gasteiger partial charge in [-0.05, 0) is 25.1 Å². The van der Waals surface area contributed by atoms with Crippen LogP contribution in [-0.2, 0) is 10.8 Å². The summed E-state index contributed by atoms with van der Waals surface area (Å²) in [5.74, 6) is 8.51. The van der Waals surface area contributed by atoms with Gasteiger partial charge in [-0.25, -0.2) is 4.68 Å². The molecule has 0 fully saturated rings. The Bertz CT molecular complexity index is 814. The zero-order valence-corrected chi connectivity index (χ0v) is 14.1. The molecule has 0 radical (unpaired) electrons. The molecule has 2 aromatic heterocycles. The average molecular weight is 348 g/mol. The molecule has 3 rings (SSSR count). The van der Waals surface area contributed by atoms with E-state index in [-0.39, 0.29) is 0 Å². The Hall–Kier alpha value is -2.06. The molecule has 2 N–H and O–H groups in total. The van der Waals surface area contributed by atoms with E-state index in [2.05, 4.69) is 10.2 Å². The van der Waals surface area contributed by atoms with E-state index in [0.717, 1.165) is 16.2 Å². The van der Waals surface area contributed by atoms with E-state index in [1.54, 1.807) is 6.26 Å². The van der Waals surface area contributed by atoms with Crippen molar-refractivity contribution in [1.82, 2.24) is 14.9 Å². The van der Waals surface area contributed by atoms with Gasteiger partial charge in [0.15, 0.2) is 5.82 Å². The second-order valence-electron chi connectivity index (χ2n) is 4.78. The fourth-order valence-corrected chi connectivity index (χ4v) is 4.22. The largest absolute Gasteiger partial charge is 0.469 e. The van der Waals surface area contributed by atoms with E-state index in [1.165, 1.54) is 16.4 Å². The van der Waals surface area contributed by atoms with Crippen LogP contribution < -0.4 is 5.84 Å². The van der Waals surface area contributed by atoms with Crippen molar-refractivity contribution >= 4 is 22.6 Å². The van der Waals surface area contributed by atoms with E-state index >= 15 is 0 Å². The minimum Gasteiger partial charge on any atom is -0.469 e. The molecule has 3 aromatic rings. The smallest absolute Gasteiger partial charge is 0.210 e. The van der Waals surface area contributed by atoms with Crippen LogP contribution in [0.15, 0.2) is 57.1 Å². The van der Waals surface area contributed by atoms with Crippen LogP contribution in [0.4, 0.5) is 0 Å². The molecular formula is C15H16N4O2S2. The topological polar surface area (TPSA) is 86.9 Å². The highest BCUT2D eigenvalue weighted by Crippen LogP contribution is 2.25. The molecule has 23 heavy (non-hydrogen) atoms. The van der Waals surface area contributed by atoms with Crippen LogP contribution in [0.3, 0.4) is 0 Å². The Morgan fingerprint density at radius 1 is 1.26 bits per heavy atom. The Morgan fingerprint density at radius 2 is 2.04 bits per heavy atom. The van der Waals surface area contributed by atoms with Crippen LogP contribution in [0, 0.1) is 6.92 Å². The SMILES string of the molecule is Cc1occc1-c1nnc(SCCS(=O)c2ccccc2)n1N. The van der Waals surface area contributed by atoms with Gasteiger partial charge in [-0.3, -0.25) is 4.21 Å². The third-order valence-electron chi connectivity index (χ3n) is 3.27. The van der Waals surface area contributed by atoms with Crippen molar-refractivity contribution in [3.8, 4) is 11.4 Å². The summed E-state index contributed by atoms with van der Waals surface area (Å²) in [5.41, 5.74) is 0.819. The third-order valence-corrected chi connectivity index (χ3v) is 5.85. The second kappa shape index (κ2) is 7.01. The molecule has 0 aliphatic carbocycles. The summed E-state index contributed by atoms with van der Waals surface area (Å²) in [4.78, 5) is 0.831. The summed E-state index contributed by atoms with van der Waals surface area (Å²) >= 11 is 1.43. The Kier molecular flexibility index (Phi) is 4.82. The van der Waals surface area contributed by atoms with Gasteiger partial charge in [-0.2, -0.15) is 0 Å². The number of hydrogen-bond acceptors (Lipinski definition) is 6. The number of thioether (sulfide) groups is 1. The number of hydrogen-bond donors (Lipinski definition) is 1. The fourth-order valence-electron chi connectivity index (χ4n) is 2.07. The fraction of sp³-hybridized carbons (Fsp3) is 0.200. The van der Waals surface area contributed by atoms with Gasteiger partial charge >= 0.3 is 0 Å². The lowest BCUT2D eigenvalue weighted by molar-refractivity contribution is 0.535. The van der Waals surface area contributed by atoms with Crippen LogP contribution in [0.1, 0.15) is 5.76 Å². The van der Waals surface area contributed by atoms with Gasteiger partial charge in [-0.1, -0.05) is 30.0 Å². The number of nitrogen functional groups attached to an aromatic ring is 1. The number of nitrogens with zero attached hydrogens (tertiary/aromatic N) is 3. The highest BCUT2D eigenvalue weighted by molar-refractivity contribution is 8.00. The zero-order valence-electron chi connectivity index (χ0n) is 12.5. The Morgan fingerprint density at radius 3 is 2.74 bits per heavy atom. The molecule has 2 heterocycles. The lowest BCUT2D eigenvalue weighted by Crippen LogP contribution is -2.12. The van der Waals surface area contributed by atoms with E-state index in [4.69, 9.17) is 10.3 Å². The van der Waals surface area contributed by atoms with Crippen molar-refractivity contribution in [1.29, 1.82) is 0 Å². The van der Waals surface area contributed by atoms with Crippen LogP contribution in [0.25, 0.3) is 11.4 Å². The summed E-state index contributed by atoms with van der Waals surface area (Å²) in [6.45, 7) is 1.85. The lowest BCUT2D eigenvalue weighted by Gasteiger charge is -2.03. The maximum atomic E-state index is 12.2. The molecular weight excluding hydrogens is 332 g/mol. The number of furan rings is 1. The number of aryl methyl sites for hydroxylation is 1. The van der Waals surface area contributed by atoms with Gasteiger partial charge in [0.2, 0.25) is 5.16 Å². The van der Waals surface area contributed by atoms with E-state index in [0.29, 0.717) is 22.5 Å². The zero-order chi connectivity index (χ0) is 16.2. The van der Waals surface area contributed by atoms with Crippen molar-refractivity contribution in [3.05, 3.63) is 48.4 Å². The van der Waals surface area contributed by atoms with E-state index in [1.807, 2.05) is 43.3 Å². The molecule has 120 valence electrons. The van der Waals surface area contributed by atoms with E-state index < -0.39 is 10.8 Å². The summed E-state index contributed by atoms with van der Waals surface area (Å²) in [7, 11) is -1.02. The predicted octanol–water partition coefficient (Wildman–Crippen LogP) is 2.46. The Balaban J connectivity index is 1.63. The molecule has 0 aliphatic heterocycles. The number of aromatic nitrogens is 3. The molecule has 0 aliphatic rings. The van der Waals surface area contributed by atoms with Crippen molar-refractivity contribution in [3.63, 3.8) is 0 Å². The lowest BCUT2D eigenvalue weighted by atomic mass is 10.2. The van der Waals surface area contributed by atoms with Crippen molar-refractivity contribution in [2.45, 2.75) is 17.0 Å². The van der Waals surface area contributed by atoms with Crippen LogP contribution in [0.2, 0.25) is 0 Å². The average Bonchev–Trinajstić information content (AvgIpc) is 3.14. The quantitative estimate of drug-likeness (QED) is 0.544. The van der Waals surface area contributed by atoms with Crippen molar-refractivity contribution in [2.75, 3.05) is 17.3 Å². The van der Waals surface area contributed by atoms with Gasteiger partial charge in [0.05, 0.1) is 22.6 Å². The molecule has 1 unspecified atom stereocenters. The maximum absolute atomic E-state index is 12.2. The van der Waals surface area contributed by atoms with Gasteiger partial charge in [0, 0.05) is 16.4 Å². The first-order valence-corrected chi connectivity index (χ1v) is 9.28. The van der Waals surface area contributed by atoms with Gasteiger partial charge in [0.1, 0.15) is 5.76 Å². The van der Waals surface area contributed by atoms with Crippen LogP contribution in [0.5, 0.6) is 0 Å². The minimum atomic E-state index is -1.02. The molecule has 0 amide bonds. The second-order valence-corrected chi connectivity index (χ2v) is 7.41. The highest BCUT2D eigenvalue weighted by atomic mass is 32.2. The molecule has 0 saturated carbocycles. The standard InChI is InChI=1S/C15H16N4O2S2/c1-11-13(7-8-21-11)14-17-18-15(19(14)16)22-9-10-23(20)12-5-3-2-4-6-12/h2-8H,9-10,16H2,1H3. The minimum absolute atomic E-state index is 0.529. The Labute approximate surface area is 140 Å². The predicted molar refractivity (Wildman–Crippen MR) is 91.1 cm³/mol. The molecule has 0 bridgehead atoms. The molecule has 6 nitrogen and oxygen atoms in total. The third kappa shape index (κ3) is 3.48. The number of nitrogens with two attached hydrogens (primary N) is 1. The van der Waals surface area contributed by atoms with E-state index in [9.17, 15) is 4.21 Å². The van der Waals surface area contributed by atoms with Gasteiger partial charge < -0.3 is 10.3 Å². The molecule has 8 heteroatoms. The summed E-state index contributed by atoms with van der Waals surface area (Å²) in [6.07, 6.45) is 1.59. The number of benzene rings is 1. The molecule has 0 spiro atoms.